The quantitative estimate of drug-likeness (QED) is 0.312. The molecule has 0 aliphatic carbocycles. The Bertz CT molecular complexity index is 1740. The monoisotopic (exact) mass is 637 g/mol. The first-order chi connectivity index (χ1) is 19.9. The Kier molecular flexibility index (Phi) is 8.60. The maximum atomic E-state index is 14.4. The van der Waals surface area contributed by atoms with Gasteiger partial charge < -0.3 is 14.4 Å². The zero-order valence-corrected chi connectivity index (χ0v) is 25.9. The highest BCUT2D eigenvalue weighted by Gasteiger charge is 2.37. The minimum atomic E-state index is -0.786. The van der Waals surface area contributed by atoms with Gasteiger partial charge in [0.05, 0.1) is 46.8 Å². The lowest BCUT2D eigenvalue weighted by Crippen LogP contribution is -2.41. The maximum absolute atomic E-state index is 14.4. The maximum Gasteiger partial charge on any atom is 0.338 e. The van der Waals surface area contributed by atoms with Crippen LogP contribution in [0, 0.1) is 0 Å². The zero-order chi connectivity index (χ0) is 29.3. The molecule has 0 bridgehead atoms. The number of fused-ring (bicyclic) bond motifs is 2. The number of benzene rings is 2. The molecule has 5 rings (SSSR count). The molecular weight excluding hydrogens is 606 g/mol. The number of nitrogens with zero attached hydrogens (tertiary/aromatic N) is 3. The van der Waals surface area contributed by atoms with Gasteiger partial charge in [-0.05, 0) is 59.5 Å². The molecule has 0 radical (unpaired) electrons. The van der Waals surface area contributed by atoms with Crippen molar-refractivity contribution in [1.29, 1.82) is 0 Å². The fourth-order valence-electron chi connectivity index (χ4n) is 5.38. The van der Waals surface area contributed by atoms with Crippen molar-refractivity contribution in [3.63, 3.8) is 0 Å². The van der Waals surface area contributed by atoms with E-state index >= 15 is 0 Å². The number of carbonyl (C=O) groups is 2. The summed E-state index contributed by atoms with van der Waals surface area (Å²) in [6, 6.07) is 12.3. The molecule has 0 N–H and O–H groups in total. The van der Waals surface area contributed by atoms with Crippen molar-refractivity contribution in [2.24, 2.45) is 4.99 Å². The third-order valence-corrected chi connectivity index (χ3v) is 8.92. The molecule has 1 amide bonds. The predicted octanol–water partition coefficient (Wildman–Crippen LogP) is 4.87. The predicted molar refractivity (Wildman–Crippen MR) is 163 cm³/mol. The van der Waals surface area contributed by atoms with E-state index in [9.17, 15) is 14.4 Å². The van der Waals surface area contributed by atoms with E-state index in [1.54, 1.807) is 25.0 Å². The summed E-state index contributed by atoms with van der Waals surface area (Å²) in [6.45, 7) is 6.61. The molecule has 0 saturated heterocycles. The van der Waals surface area contributed by atoms with Crippen molar-refractivity contribution in [2.45, 2.75) is 52.5 Å². The van der Waals surface area contributed by atoms with Crippen LogP contribution in [0.15, 0.2) is 68.0 Å². The highest BCUT2D eigenvalue weighted by molar-refractivity contribution is 9.10. The Morgan fingerprint density at radius 3 is 2.56 bits per heavy atom. The van der Waals surface area contributed by atoms with Gasteiger partial charge in [0.1, 0.15) is 10.3 Å². The standard InChI is InChI=1S/C31H32BrN3O5S/c1-5-8-16-34-22-13-10-9-12-19(22)24(28(34)36)27-29(37)35-26(18-14-15-23(39-4)20(32)17-18)25(30(38)40-7-3)21(11-6-2)33-31(35)41-27/h9-10,12-15,17,26H,5-8,11,16H2,1-4H3/b27-24+/t26-/m1/s1. The van der Waals surface area contributed by atoms with Gasteiger partial charge in [-0.15, -0.1) is 0 Å². The first kappa shape index (κ1) is 29.0. The van der Waals surface area contributed by atoms with Crippen molar-refractivity contribution < 1.29 is 19.1 Å². The number of hydrogen-bond acceptors (Lipinski definition) is 7. The smallest absolute Gasteiger partial charge is 0.338 e. The number of hydrogen-bond donors (Lipinski definition) is 0. The summed E-state index contributed by atoms with van der Waals surface area (Å²) in [6.07, 6.45) is 3.08. The summed E-state index contributed by atoms with van der Waals surface area (Å²) in [4.78, 5) is 48.7. The summed E-state index contributed by atoms with van der Waals surface area (Å²) >= 11 is 4.75. The van der Waals surface area contributed by atoms with Crippen molar-refractivity contribution in [1.82, 2.24) is 4.57 Å². The van der Waals surface area contributed by atoms with Crippen LogP contribution in [0.5, 0.6) is 5.75 Å². The number of allylic oxidation sites excluding steroid dienone is 1. The number of methoxy groups -OCH3 is 1. The van der Waals surface area contributed by atoms with Crippen LogP contribution in [0.4, 0.5) is 5.69 Å². The second-order valence-corrected chi connectivity index (χ2v) is 11.7. The molecule has 2 aromatic carbocycles. The molecule has 1 aromatic heterocycles. The summed E-state index contributed by atoms with van der Waals surface area (Å²) in [5, 5.41) is 0. The number of anilines is 1. The lowest BCUT2D eigenvalue weighted by molar-refractivity contribution is -0.139. The van der Waals surface area contributed by atoms with E-state index in [0.29, 0.717) is 54.9 Å². The van der Waals surface area contributed by atoms with Gasteiger partial charge in [0.15, 0.2) is 4.80 Å². The topological polar surface area (TPSA) is 90.2 Å². The molecule has 0 spiro atoms. The molecule has 2 aliphatic rings. The lowest BCUT2D eigenvalue weighted by Gasteiger charge is -2.26. The largest absolute Gasteiger partial charge is 0.496 e. The van der Waals surface area contributed by atoms with Crippen LogP contribution < -0.4 is 24.5 Å². The van der Waals surface area contributed by atoms with Gasteiger partial charge in [0.25, 0.3) is 11.5 Å². The van der Waals surface area contributed by atoms with Crippen LogP contribution in [0.25, 0.3) is 5.57 Å². The summed E-state index contributed by atoms with van der Waals surface area (Å²) in [7, 11) is 1.58. The summed E-state index contributed by atoms with van der Waals surface area (Å²) in [5.41, 5.74) is 3.18. The molecule has 8 nitrogen and oxygen atoms in total. The van der Waals surface area contributed by atoms with Gasteiger partial charge in [0, 0.05) is 12.1 Å². The Hall–Kier alpha value is -3.50. The van der Waals surface area contributed by atoms with Crippen molar-refractivity contribution in [3.05, 3.63) is 89.0 Å². The molecule has 41 heavy (non-hydrogen) atoms. The third-order valence-electron chi connectivity index (χ3n) is 7.24. The van der Waals surface area contributed by atoms with Crippen LogP contribution in [-0.2, 0) is 14.3 Å². The molecule has 10 heteroatoms. The SMILES string of the molecule is CCCCN1C(=O)/C(=c2/sc3n(c2=O)[C@H](c2ccc(OC)c(Br)c2)C(C(=O)OCC)=C(CCC)N=3)c2ccccc21. The first-order valence-corrected chi connectivity index (χ1v) is 15.5. The van der Waals surface area contributed by atoms with Gasteiger partial charge in [-0.25, -0.2) is 9.79 Å². The Labute approximate surface area is 250 Å². The number of amides is 1. The van der Waals surface area contributed by atoms with Crippen LogP contribution in [0.1, 0.15) is 63.6 Å². The van der Waals surface area contributed by atoms with Crippen LogP contribution in [0.3, 0.4) is 0 Å². The minimum Gasteiger partial charge on any atom is -0.496 e. The average molecular weight is 639 g/mol. The fourth-order valence-corrected chi connectivity index (χ4v) is 7.05. The molecule has 1 atom stereocenters. The number of thiazole rings is 1. The number of para-hydroxylation sites is 1. The van der Waals surface area contributed by atoms with Crippen LogP contribution >= 0.6 is 27.3 Å². The number of esters is 1. The average Bonchev–Trinajstić information content (AvgIpc) is 3.43. The van der Waals surface area contributed by atoms with Crippen LogP contribution in [-0.4, -0.2) is 36.7 Å². The van der Waals surface area contributed by atoms with Gasteiger partial charge >= 0.3 is 5.97 Å². The van der Waals surface area contributed by atoms with E-state index in [2.05, 4.69) is 22.9 Å². The number of ether oxygens (including phenoxy) is 2. The molecule has 0 saturated carbocycles. The second-order valence-electron chi connectivity index (χ2n) is 9.83. The minimum absolute atomic E-state index is 0.188. The van der Waals surface area contributed by atoms with Gasteiger partial charge in [-0.2, -0.15) is 0 Å². The van der Waals surface area contributed by atoms with E-state index in [4.69, 9.17) is 14.5 Å². The molecule has 3 heterocycles. The van der Waals surface area contributed by atoms with Crippen molar-refractivity contribution in [3.8, 4) is 5.75 Å². The third kappa shape index (κ3) is 5.08. The van der Waals surface area contributed by atoms with E-state index in [0.717, 1.165) is 30.5 Å². The molecule has 214 valence electrons. The Morgan fingerprint density at radius 2 is 1.88 bits per heavy atom. The van der Waals surface area contributed by atoms with E-state index in [1.165, 1.54) is 15.9 Å². The van der Waals surface area contributed by atoms with Gasteiger partial charge in [0.2, 0.25) is 0 Å². The second kappa shape index (κ2) is 12.2. The Morgan fingerprint density at radius 1 is 1.10 bits per heavy atom. The molecule has 0 fully saturated rings. The summed E-state index contributed by atoms with van der Waals surface area (Å²) < 4.78 is 13.5. The van der Waals surface area contributed by atoms with Gasteiger partial charge in [-0.1, -0.05) is 62.3 Å². The van der Waals surface area contributed by atoms with E-state index in [1.807, 2.05) is 43.3 Å². The molecular formula is C31H32BrN3O5S. The first-order valence-electron chi connectivity index (χ1n) is 13.8. The zero-order valence-electron chi connectivity index (χ0n) is 23.5. The van der Waals surface area contributed by atoms with Crippen molar-refractivity contribution in [2.75, 3.05) is 25.2 Å². The summed E-state index contributed by atoms with van der Waals surface area (Å²) in [5.74, 6) is -0.0752. The number of aromatic nitrogens is 1. The molecule has 2 aliphatic heterocycles. The number of unbranched alkanes of at least 4 members (excludes halogenated alkanes) is 1. The lowest BCUT2D eigenvalue weighted by atomic mass is 9.94. The molecule has 3 aromatic rings. The van der Waals surface area contributed by atoms with Crippen LogP contribution in [0.2, 0.25) is 0 Å². The fraction of sp³-hybridized carbons (Fsp3) is 0.355. The number of rotatable bonds is 9. The van der Waals surface area contributed by atoms with Gasteiger partial charge in [-0.3, -0.25) is 14.2 Å². The number of carbonyl (C=O) groups excluding carboxylic acids is 2. The normalized spacial score (nSPS) is 17.3. The highest BCUT2D eigenvalue weighted by atomic mass is 79.9. The number of halogens is 1. The van der Waals surface area contributed by atoms with E-state index < -0.39 is 12.0 Å². The van der Waals surface area contributed by atoms with E-state index in [-0.39, 0.29) is 18.1 Å². The Balaban J connectivity index is 1.82. The molecule has 0 unspecified atom stereocenters. The van der Waals surface area contributed by atoms with Crippen molar-refractivity contribution >= 4 is 50.4 Å². The highest BCUT2D eigenvalue weighted by Crippen LogP contribution is 2.37.